The second-order valence-corrected chi connectivity index (χ2v) is 5.27. The third-order valence-corrected chi connectivity index (χ3v) is 3.41. The smallest absolute Gasteiger partial charge is 0.128 e. The Kier molecular flexibility index (Phi) is 4.35. The zero-order valence-corrected chi connectivity index (χ0v) is 12.4. The SMILES string of the molecule is Cc1ccc(N(C)Cc2ccccc2F)c(C(N)=S)c1. The van der Waals surface area contributed by atoms with Crippen LogP contribution in [0.25, 0.3) is 0 Å². The lowest BCUT2D eigenvalue weighted by Gasteiger charge is -2.23. The van der Waals surface area contributed by atoms with Gasteiger partial charge in [-0.1, -0.05) is 42.0 Å². The molecule has 0 heterocycles. The Morgan fingerprint density at radius 1 is 1.25 bits per heavy atom. The van der Waals surface area contributed by atoms with Crippen molar-refractivity contribution in [2.75, 3.05) is 11.9 Å². The van der Waals surface area contributed by atoms with Gasteiger partial charge in [0.15, 0.2) is 0 Å². The second kappa shape index (κ2) is 6.01. The molecule has 0 fully saturated rings. The van der Waals surface area contributed by atoms with Gasteiger partial charge in [0.25, 0.3) is 0 Å². The summed E-state index contributed by atoms with van der Waals surface area (Å²) in [6.45, 7) is 2.45. The number of halogens is 1. The van der Waals surface area contributed by atoms with Crippen molar-refractivity contribution < 1.29 is 4.39 Å². The van der Waals surface area contributed by atoms with Gasteiger partial charge < -0.3 is 10.6 Å². The van der Waals surface area contributed by atoms with Crippen molar-refractivity contribution in [2.24, 2.45) is 5.73 Å². The number of thiocarbonyl (C=S) groups is 1. The third kappa shape index (κ3) is 3.14. The van der Waals surface area contributed by atoms with E-state index in [-0.39, 0.29) is 5.82 Å². The van der Waals surface area contributed by atoms with Crippen molar-refractivity contribution in [2.45, 2.75) is 13.5 Å². The lowest BCUT2D eigenvalue weighted by molar-refractivity contribution is 0.608. The molecule has 2 nitrogen and oxygen atoms in total. The predicted octanol–water partition coefficient (Wildman–Crippen LogP) is 3.40. The Morgan fingerprint density at radius 2 is 1.95 bits per heavy atom. The number of benzene rings is 2. The zero-order valence-electron chi connectivity index (χ0n) is 11.6. The van der Waals surface area contributed by atoms with Gasteiger partial charge >= 0.3 is 0 Å². The molecule has 0 saturated heterocycles. The lowest BCUT2D eigenvalue weighted by Crippen LogP contribution is -2.22. The number of hydrogen-bond donors (Lipinski definition) is 1. The highest BCUT2D eigenvalue weighted by atomic mass is 32.1. The third-order valence-electron chi connectivity index (χ3n) is 3.19. The molecular weight excluding hydrogens is 271 g/mol. The van der Waals surface area contributed by atoms with Gasteiger partial charge in [0.2, 0.25) is 0 Å². The van der Waals surface area contributed by atoms with E-state index in [1.807, 2.05) is 43.1 Å². The molecule has 2 rings (SSSR count). The van der Waals surface area contributed by atoms with E-state index < -0.39 is 0 Å². The van der Waals surface area contributed by atoms with E-state index in [9.17, 15) is 4.39 Å². The first kappa shape index (κ1) is 14.5. The molecule has 0 bridgehead atoms. The largest absolute Gasteiger partial charge is 0.389 e. The molecule has 2 aromatic rings. The summed E-state index contributed by atoms with van der Waals surface area (Å²) in [6, 6.07) is 12.7. The molecule has 0 aliphatic carbocycles. The summed E-state index contributed by atoms with van der Waals surface area (Å²) in [7, 11) is 1.90. The molecule has 0 unspecified atom stereocenters. The topological polar surface area (TPSA) is 29.3 Å². The standard InChI is InChI=1S/C16H17FN2S/c1-11-7-8-15(13(9-11)16(18)20)19(2)10-12-5-3-4-6-14(12)17/h3-9H,10H2,1-2H3,(H2,18,20). The van der Waals surface area contributed by atoms with Crippen molar-refractivity contribution >= 4 is 22.9 Å². The van der Waals surface area contributed by atoms with E-state index in [0.717, 1.165) is 16.8 Å². The van der Waals surface area contributed by atoms with Gasteiger partial charge in [-0.05, 0) is 25.1 Å². The molecule has 0 amide bonds. The monoisotopic (exact) mass is 288 g/mol. The van der Waals surface area contributed by atoms with Crippen LogP contribution >= 0.6 is 12.2 Å². The van der Waals surface area contributed by atoms with Gasteiger partial charge in [0, 0.05) is 30.4 Å². The fourth-order valence-corrected chi connectivity index (χ4v) is 2.31. The van der Waals surface area contributed by atoms with Crippen LogP contribution < -0.4 is 10.6 Å². The molecular formula is C16H17FN2S. The van der Waals surface area contributed by atoms with Crippen molar-refractivity contribution in [3.8, 4) is 0 Å². The van der Waals surface area contributed by atoms with E-state index in [2.05, 4.69) is 0 Å². The molecule has 2 aromatic carbocycles. The Bertz CT molecular complexity index is 640. The minimum Gasteiger partial charge on any atom is -0.389 e. The maximum absolute atomic E-state index is 13.7. The molecule has 4 heteroatoms. The van der Waals surface area contributed by atoms with Crippen molar-refractivity contribution in [3.05, 3.63) is 65.0 Å². The van der Waals surface area contributed by atoms with Crippen molar-refractivity contribution in [1.82, 2.24) is 0 Å². The van der Waals surface area contributed by atoms with E-state index in [1.54, 1.807) is 12.1 Å². The number of aryl methyl sites for hydroxylation is 1. The first-order valence-corrected chi connectivity index (χ1v) is 6.75. The van der Waals surface area contributed by atoms with Gasteiger partial charge in [0.1, 0.15) is 10.8 Å². The van der Waals surface area contributed by atoms with Gasteiger partial charge in [-0.3, -0.25) is 0 Å². The number of nitrogens with two attached hydrogens (primary N) is 1. The van der Waals surface area contributed by atoms with Crippen molar-refractivity contribution in [3.63, 3.8) is 0 Å². The summed E-state index contributed by atoms with van der Waals surface area (Å²) in [5.74, 6) is -0.205. The number of anilines is 1. The summed E-state index contributed by atoms with van der Waals surface area (Å²) in [5.41, 5.74) is 9.24. The number of nitrogens with zero attached hydrogens (tertiary/aromatic N) is 1. The molecule has 0 spiro atoms. The Hall–Kier alpha value is -1.94. The summed E-state index contributed by atoms with van der Waals surface area (Å²) in [6.07, 6.45) is 0. The zero-order chi connectivity index (χ0) is 14.7. The minimum absolute atomic E-state index is 0.205. The average molecular weight is 288 g/mol. The van der Waals surface area contributed by atoms with Gasteiger partial charge in [-0.2, -0.15) is 0 Å². The quantitative estimate of drug-likeness (QED) is 0.874. The van der Waals surface area contributed by atoms with Gasteiger partial charge in [-0.15, -0.1) is 0 Å². The molecule has 0 saturated carbocycles. The first-order chi connectivity index (χ1) is 9.49. The highest BCUT2D eigenvalue weighted by molar-refractivity contribution is 7.80. The van der Waals surface area contributed by atoms with Crippen LogP contribution in [0.15, 0.2) is 42.5 Å². The molecule has 0 aromatic heterocycles. The average Bonchev–Trinajstić information content (AvgIpc) is 2.41. The van der Waals surface area contributed by atoms with E-state index in [0.29, 0.717) is 17.1 Å². The Balaban J connectivity index is 2.32. The second-order valence-electron chi connectivity index (χ2n) is 4.83. The van der Waals surface area contributed by atoms with Crippen LogP contribution in [-0.2, 0) is 6.54 Å². The summed E-state index contributed by atoms with van der Waals surface area (Å²) >= 11 is 5.10. The van der Waals surface area contributed by atoms with Crippen LogP contribution in [0.5, 0.6) is 0 Å². The maximum atomic E-state index is 13.7. The van der Waals surface area contributed by atoms with Crippen LogP contribution in [0.3, 0.4) is 0 Å². The molecule has 0 aliphatic rings. The predicted molar refractivity (Wildman–Crippen MR) is 85.6 cm³/mol. The van der Waals surface area contributed by atoms with Crippen LogP contribution in [0.1, 0.15) is 16.7 Å². The Morgan fingerprint density at radius 3 is 2.60 bits per heavy atom. The van der Waals surface area contributed by atoms with Crippen molar-refractivity contribution in [1.29, 1.82) is 0 Å². The van der Waals surface area contributed by atoms with Crippen LogP contribution in [0.2, 0.25) is 0 Å². The molecule has 0 atom stereocenters. The molecule has 20 heavy (non-hydrogen) atoms. The maximum Gasteiger partial charge on any atom is 0.128 e. The molecule has 2 N–H and O–H groups in total. The highest BCUT2D eigenvalue weighted by Crippen LogP contribution is 2.23. The van der Waals surface area contributed by atoms with Crippen LogP contribution in [0, 0.1) is 12.7 Å². The Labute approximate surface area is 124 Å². The molecule has 0 radical (unpaired) electrons. The normalized spacial score (nSPS) is 10.3. The van der Waals surface area contributed by atoms with E-state index in [4.69, 9.17) is 18.0 Å². The van der Waals surface area contributed by atoms with Crippen LogP contribution in [0.4, 0.5) is 10.1 Å². The van der Waals surface area contributed by atoms with Gasteiger partial charge in [0.05, 0.1) is 0 Å². The summed E-state index contributed by atoms with van der Waals surface area (Å²) < 4.78 is 13.7. The van der Waals surface area contributed by atoms with E-state index in [1.165, 1.54) is 6.07 Å². The number of hydrogen-bond acceptors (Lipinski definition) is 2. The summed E-state index contributed by atoms with van der Waals surface area (Å²) in [4.78, 5) is 2.30. The first-order valence-electron chi connectivity index (χ1n) is 6.34. The minimum atomic E-state index is -0.205. The van der Waals surface area contributed by atoms with Gasteiger partial charge in [-0.25, -0.2) is 4.39 Å². The summed E-state index contributed by atoms with van der Waals surface area (Å²) in [5, 5.41) is 0. The highest BCUT2D eigenvalue weighted by Gasteiger charge is 2.12. The molecule has 0 aliphatic heterocycles. The number of rotatable bonds is 4. The van der Waals surface area contributed by atoms with E-state index >= 15 is 0 Å². The van der Waals surface area contributed by atoms with Crippen LogP contribution in [-0.4, -0.2) is 12.0 Å². The fraction of sp³-hybridized carbons (Fsp3) is 0.188. The fourth-order valence-electron chi connectivity index (χ4n) is 2.15. The molecule has 104 valence electrons. The lowest BCUT2D eigenvalue weighted by atomic mass is 10.1.